The van der Waals surface area contributed by atoms with Crippen molar-refractivity contribution in [1.29, 1.82) is 0 Å². The molecule has 28 heavy (non-hydrogen) atoms. The molecular weight excluding hydrogens is 393 g/mol. The van der Waals surface area contributed by atoms with Gasteiger partial charge >= 0.3 is 0 Å². The molecule has 0 saturated heterocycles. The van der Waals surface area contributed by atoms with Gasteiger partial charge in [-0.3, -0.25) is 4.79 Å². The molecule has 1 N–H and O–H groups in total. The molecule has 0 fully saturated rings. The second-order valence-corrected chi connectivity index (χ2v) is 6.27. The molecule has 4 aromatic rings. The monoisotopic (exact) mass is 402 g/mol. The van der Waals surface area contributed by atoms with Gasteiger partial charge in [-0.1, -0.05) is 23.7 Å². The number of rotatable bonds is 3. The number of carbonyl (C=O) groups is 1. The molecule has 0 aliphatic carbocycles. The summed E-state index contributed by atoms with van der Waals surface area (Å²) in [6.07, 6.45) is 0. The molecule has 0 aliphatic rings. The zero-order valence-corrected chi connectivity index (χ0v) is 14.7. The molecular formula is C20H10ClF3N2O2. The summed E-state index contributed by atoms with van der Waals surface area (Å²) in [6.45, 7) is 0. The van der Waals surface area contributed by atoms with Gasteiger partial charge in [-0.15, -0.1) is 0 Å². The van der Waals surface area contributed by atoms with Crippen molar-refractivity contribution in [1.82, 2.24) is 4.98 Å². The van der Waals surface area contributed by atoms with Gasteiger partial charge in [0.1, 0.15) is 5.52 Å². The Bertz CT molecular complexity index is 1220. The Kier molecular flexibility index (Phi) is 4.52. The molecule has 8 heteroatoms. The summed E-state index contributed by atoms with van der Waals surface area (Å²) in [5.74, 6) is -5.26. The van der Waals surface area contributed by atoms with Crippen LogP contribution in [0.5, 0.6) is 0 Å². The highest BCUT2D eigenvalue weighted by Gasteiger charge is 2.19. The van der Waals surface area contributed by atoms with E-state index in [1.54, 1.807) is 30.3 Å². The van der Waals surface area contributed by atoms with Crippen molar-refractivity contribution in [3.8, 4) is 11.5 Å². The highest BCUT2D eigenvalue weighted by atomic mass is 35.5. The fourth-order valence-electron chi connectivity index (χ4n) is 2.65. The van der Waals surface area contributed by atoms with E-state index in [1.807, 2.05) is 0 Å². The van der Waals surface area contributed by atoms with Gasteiger partial charge in [-0.05, 0) is 36.4 Å². The van der Waals surface area contributed by atoms with Crippen molar-refractivity contribution < 1.29 is 22.4 Å². The Balaban J connectivity index is 1.64. The summed E-state index contributed by atoms with van der Waals surface area (Å²) in [6, 6.07) is 13.2. The van der Waals surface area contributed by atoms with Gasteiger partial charge in [-0.25, -0.2) is 18.2 Å². The number of aromatic nitrogens is 1. The number of fused-ring (bicyclic) bond motifs is 1. The summed E-state index contributed by atoms with van der Waals surface area (Å²) in [5, 5.41) is 2.89. The summed E-state index contributed by atoms with van der Waals surface area (Å²) in [5.41, 5.74) is 1.14. The van der Waals surface area contributed by atoms with E-state index in [0.717, 1.165) is 6.07 Å². The van der Waals surface area contributed by atoms with Crippen LogP contribution >= 0.6 is 11.6 Å². The Morgan fingerprint density at radius 3 is 2.57 bits per heavy atom. The molecule has 1 aromatic heterocycles. The number of nitrogens with one attached hydrogen (secondary N) is 1. The number of amides is 1. The molecule has 0 spiro atoms. The van der Waals surface area contributed by atoms with E-state index in [1.165, 1.54) is 12.1 Å². The van der Waals surface area contributed by atoms with Gasteiger partial charge in [0, 0.05) is 11.8 Å². The highest BCUT2D eigenvalue weighted by molar-refractivity contribution is 6.33. The molecule has 1 heterocycles. The minimum Gasteiger partial charge on any atom is -0.436 e. The van der Waals surface area contributed by atoms with Gasteiger partial charge < -0.3 is 9.73 Å². The Morgan fingerprint density at radius 2 is 1.79 bits per heavy atom. The first-order valence-corrected chi connectivity index (χ1v) is 8.42. The zero-order valence-electron chi connectivity index (χ0n) is 14.0. The standard InChI is InChI=1S/C20H10ClF3N2O2/c21-13-4-2-1-3-11(13)20-26-15-8-5-10(9-16(15)28-20)25-19(27)12-6-7-14(22)18(24)17(12)23/h1-9H,(H,25,27). The van der Waals surface area contributed by atoms with Crippen LogP contribution in [0.15, 0.2) is 59.0 Å². The van der Waals surface area contributed by atoms with Crippen molar-refractivity contribution in [3.05, 3.63) is 82.6 Å². The normalized spacial score (nSPS) is 11.0. The summed E-state index contributed by atoms with van der Waals surface area (Å²) >= 11 is 6.14. The second-order valence-electron chi connectivity index (χ2n) is 5.86. The van der Waals surface area contributed by atoms with E-state index < -0.39 is 28.9 Å². The van der Waals surface area contributed by atoms with E-state index in [2.05, 4.69) is 10.3 Å². The quantitative estimate of drug-likeness (QED) is 0.439. The van der Waals surface area contributed by atoms with Crippen LogP contribution in [0.25, 0.3) is 22.6 Å². The third-order valence-corrected chi connectivity index (χ3v) is 4.36. The Hall–Kier alpha value is -3.32. The molecule has 140 valence electrons. The maximum atomic E-state index is 13.8. The van der Waals surface area contributed by atoms with E-state index in [-0.39, 0.29) is 5.69 Å². The number of anilines is 1. The van der Waals surface area contributed by atoms with Crippen molar-refractivity contribution in [2.45, 2.75) is 0 Å². The van der Waals surface area contributed by atoms with Crippen LogP contribution in [0, 0.1) is 17.5 Å². The third kappa shape index (κ3) is 3.20. The molecule has 0 atom stereocenters. The van der Waals surface area contributed by atoms with Crippen molar-refractivity contribution >= 4 is 34.3 Å². The fourth-order valence-corrected chi connectivity index (χ4v) is 2.87. The molecule has 4 nitrogen and oxygen atoms in total. The lowest BCUT2D eigenvalue weighted by atomic mass is 10.1. The molecule has 4 rings (SSSR count). The Morgan fingerprint density at radius 1 is 1.00 bits per heavy atom. The van der Waals surface area contributed by atoms with Gasteiger partial charge in [0.05, 0.1) is 16.1 Å². The number of halogens is 4. The molecule has 0 radical (unpaired) electrons. The summed E-state index contributed by atoms with van der Waals surface area (Å²) in [4.78, 5) is 16.5. The predicted molar refractivity (Wildman–Crippen MR) is 98.7 cm³/mol. The Labute approximate surface area is 161 Å². The number of nitrogens with zero attached hydrogens (tertiary/aromatic N) is 1. The van der Waals surface area contributed by atoms with E-state index >= 15 is 0 Å². The number of hydrogen-bond donors (Lipinski definition) is 1. The van der Waals surface area contributed by atoms with Crippen molar-refractivity contribution in [2.24, 2.45) is 0 Å². The fraction of sp³-hybridized carbons (Fsp3) is 0. The van der Waals surface area contributed by atoms with Gasteiger partial charge in [0.2, 0.25) is 5.89 Å². The predicted octanol–water partition coefficient (Wildman–Crippen LogP) is 5.82. The number of carbonyl (C=O) groups excluding carboxylic acids is 1. The lowest BCUT2D eigenvalue weighted by Gasteiger charge is -2.06. The van der Waals surface area contributed by atoms with E-state index in [0.29, 0.717) is 33.6 Å². The number of oxazole rings is 1. The van der Waals surface area contributed by atoms with Crippen LogP contribution < -0.4 is 5.32 Å². The first-order valence-electron chi connectivity index (χ1n) is 8.04. The maximum absolute atomic E-state index is 13.8. The summed E-state index contributed by atoms with van der Waals surface area (Å²) < 4.78 is 45.8. The third-order valence-electron chi connectivity index (χ3n) is 4.03. The first kappa shape index (κ1) is 18.1. The van der Waals surface area contributed by atoms with E-state index in [9.17, 15) is 18.0 Å². The number of benzene rings is 3. The molecule has 1 amide bonds. The molecule has 3 aromatic carbocycles. The van der Waals surface area contributed by atoms with Crippen molar-refractivity contribution in [3.63, 3.8) is 0 Å². The van der Waals surface area contributed by atoms with Crippen LogP contribution in [-0.4, -0.2) is 10.9 Å². The minimum atomic E-state index is -1.71. The lowest BCUT2D eigenvalue weighted by Crippen LogP contribution is -2.15. The van der Waals surface area contributed by atoms with Crippen LogP contribution in [-0.2, 0) is 0 Å². The highest BCUT2D eigenvalue weighted by Crippen LogP contribution is 2.31. The minimum absolute atomic E-state index is 0.267. The van der Waals surface area contributed by atoms with Crippen LogP contribution in [0.2, 0.25) is 5.02 Å². The van der Waals surface area contributed by atoms with Crippen molar-refractivity contribution in [2.75, 3.05) is 5.32 Å². The number of hydrogen-bond acceptors (Lipinski definition) is 3. The average Bonchev–Trinajstić information content (AvgIpc) is 3.09. The molecule has 0 aliphatic heterocycles. The van der Waals surface area contributed by atoms with Gasteiger partial charge in [-0.2, -0.15) is 0 Å². The topological polar surface area (TPSA) is 55.1 Å². The van der Waals surface area contributed by atoms with Crippen LogP contribution in [0.4, 0.5) is 18.9 Å². The van der Waals surface area contributed by atoms with Crippen LogP contribution in [0.1, 0.15) is 10.4 Å². The summed E-state index contributed by atoms with van der Waals surface area (Å²) in [7, 11) is 0. The SMILES string of the molecule is O=C(Nc1ccc2nc(-c3ccccc3Cl)oc2c1)c1ccc(F)c(F)c1F. The zero-order chi connectivity index (χ0) is 19.8. The molecule has 0 unspecified atom stereocenters. The smallest absolute Gasteiger partial charge is 0.258 e. The van der Waals surface area contributed by atoms with Gasteiger partial charge in [0.15, 0.2) is 23.0 Å². The lowest BCUT2D eigenvalue weighted by molar-refractivity contribution is 0.102. The molecule has 0 saturated carbocycles. The largest absolute Gasteiger partial charge is 0.436 e. The first-order chi connectivity index (χ1) is 13.4. The average molecular weight is 403 g/mol. The second kappa shape index (κ2) is 7.01. The van der Waals surface area contributed by atoms with Crippen LogP contribution in [0.3, 0.4) is 0 Å². The molecule has 0 bridgehead atoms. The van der Waals surface area contributed by atoms with E-state index in [4.69, 9.17) is 16.0 Å². The maximum Gasteiger partial charge on any atom is 0.258 e. The van der Waals surface area contributed by atoms with Gasteiger partial charge in [0.25, 0.3) is 5.91 Å².